The van der Waals surface area contributed by atoms with Gasteiger partial charge >= 0.3 is 5.63 Å². The molecule has 0 saturated heterocycles. The molecule has 108 valence electrons. The van der Waals surface area contributed by atoms with Gasteiger partial charge in [0.05, 0.1) is 6.61 Å². The molecule has 2 rings (SSSR count). The van der Waals surface area contributed by atoms with Gasteiger partial charge < -0.3 is 9.15 Å². The van der Waals surface area contributed by atoms with E-state index in [0.29, 0.717) is 18.1 Å². The van der Waals surface area contributed by atoms with Crippen LogP contribution in [0.1, 0.15) is 25.3 Å². The van der Waals surface area contributed by atoms with Crippen molar-refractivity contribution in [1.82, 2.24) is 0 Å². The van der Waals surface area contributed by atoms with E-state index in [4.69, 9.17) is 9.15 Å². The number of ether oxygens (including phenoxy) is 1. The molecular formula is C16H20O3S. The summed E-state index contributed by atoms with van der Waals surface area (Å²) in [6, 6.07) is 7.13. The molecule has 1 aromatic carbocycles. The largest absolute Gasteiger partial charge is 0.493 e. The van der Waals surface area contributed by atoms with Crippen LogP contribution in [0.5, 0.6) is 5.75 Å². The van der Waals surface area contributed by atoms with Crippen molar-refractivity contribution in [3.05, 3.63) is 40.2 Å². The first-order valence-electron chi connectivity index (χ1n) is 6.88. The van der Waals surface area contributed by atoms with Crippen molar-refractivity contribution in [3.63, 3.8) is 0 Å². The molecule has 0 fully saturated rings. The molecule has 20 heavy (non-hydrogen) atoms. The zero-order valence-electron chi connectivity index (χ0n) is 11.9. The Labute approximate surface area is 124 Å². The summed E-state index contributed by atoms with van der Waals surface area (Å²) in [5.74, 6) is 2.25. The zero-order chi connectivity index (χ0) is 14.5. The van der Waals surface area contributed by atoms with Crippen LogP contribution in [0.25, 0.3) is 11.0 Å². The normalized spacial score (nSPS) is 12.6. The molecule has 0 saturated carbocycles. The van der Waals surface area contributed by atoms with E-state index in [9.17, 15) is 4.79 Å². The third-order valence-electron chi connectivity index (χ3n) is 3.42. The lowest BCUT2D eigenvalue weighted by Crippen LogP contribution is -2.05. The lowest BCUT2D eigenvalue weighted by atomic mass is 10.1. The summed E-state index contributed by atoms with van der Waals surface area (Å²) in [5, 5.41) is 0.945. The molecule has 4 heteroatoms. The molecular weight excluding hydrogens is 272 g/mol. The molecule has 1 heterocycles. The zero-order valence-corrected chi connectivity index (χ0v) is 12.8. The van der Waals surface area contributed by atoms with Crippen LogP contribution in [-0.4, -0.2) is 12.4 Å². The van der Waals surface area contributed by atoms with Gasteiger partial charge in [0.2, 0.25) is 0 Å². The summed E-state index contributed by atoms with van der Waals surface area (Å²) >= 11 is 4.23. The Morgan fingerprint density at radius 2 is 2.10 bits per heavy atom. The highest BCUT2D eigenvalue weighted by atomic mass is 32.1. The lowest BCUT2D eigenvalue weighted by molar-refractivity contribution is 0.282. The molecule has 0 spiro atoms. The minimum atomic E-state index is -0.324. The Morgan fingerprint density at radius 3 is 2.85 bits per heavy atom. The van der Waals surface area contributed by atoms with Gasteiger partial charge in [-0.1, -0.05) is 6.92 Å². The van der Waals surface area contributed by atoms with Crippen molar-refractivity contribution < 1.29 is 9.15 Å². The van der Waals surface area contributed by atoms with Gasteiger partial charge in [0, 0.05) is 17.5 Å². The number of hydrogen-bond acceptors (Lipinski definition) is 4. The van der Waals surface area contributed by atoms with Crippen LogP contribution in [0.3, 0.4) is 0 Å². The van der Waals surface area contributed by atoms with Gasteiger partial charge in [-0.3, -0.25) is 0 Å². The van der Waals surface area contributed by atoms with Crippen LogP contribution in [0, 0.1) is 12.8 Å². The van der Waals surface area contributed by atoms with Crippen molar-refractivity contribution in [2.75, 3.05) is 12.4 Å². The van der Waals surface area contributed by atoms with Gasteiger partial charge in [-0.05, 0) is 49.1 Å². The van der Waals surface area contributed by atoms with Crippen LogP contribution < -0.4 is 10.4 Å². The van der Waals surface area contributed by atoms with Crippen molar-refractivity contribution in [1.29, 1.82) is 0 Å². The smallest absolute Gasteiger partial charge is 0.336 e. The minimum Gasteiger partial charge on any atom is -0.493 e. The quantitative estimate of drug-likeness (QED) is 0.650. The Hall–Kier alpha value is -1.42. The van der Waals surface area contributed by atoms with Gasteiger partial charge in [0.25, 0.3) is 0 Å². The molecule has 0 aliphatic heterocycles. The molecule has 0 N–H and O–H groups in total. The number of fused-ring (bicyclic) bond motifs is 1. The van der Waals surface area contributed by atoms with Gasteiger partial charge in [0.15, 0.2) is 0 Å². The number of aryl methyl sites for hydroxylation is 1. The maximum absolute atomic E-state index is 11.4. The van der Waals surface area contributed by atoms with Gasteiger partial charge in [-0.15, -0.1) is 0 Å². The summed E-state index contributed by atoms with van der Waals surface area (Å²) < 4.78 is 10.9. The topological polar surface area (TPSA) is 39.4 Å². The highest BCUT2D eigenvalue weighted by Crippen LogP contribution is 2.22. The highest BCUT2D eigenvalue weighted by Gasteiger charge is 2.05. The average Bonchev–Trinajstić information content (AvgIpc) is 2.38. The molecule has 0 amide bonds. The van der Waals surface area contributed by atoms with E-state index in [0.717, 1.165) is 35.3 Å². The van der Waals surface area contributed by atoms with Crippen molar-refractivity contribution in [2.45, 2.75) is 26.7 Å². The average molecular weight is 292 g/mol. The number of rotatable bonds is 6. The van der Waals surface area contributed by atoms with Crippen LogP contribution in [0.4, 0.5) is 0 Å². The van der Waals surface area contributed by atoms with E-state index in [1.165, 1.54) is 6.07 Å². The van der Waals surface area contributed by atoms with E-state index in [2.05, 4.69) is 19.6 Å². The number of benzene rings is 1. The molecule has 1 aromatic heterocycles. The lowest BCUT2D eigenvalue weighted by Gasteiger charge is -2.11. The molecule has 0 bridgehead atoms. The van der Waals surface area contributed by atoms with Gasteiger partial charge in [0.1, 0.15) is 11.3 Å². The fraction of sp³-hybridized carbons (Fsp3) is 0.438. The number of thiol groups is 1. The van der Waals surface area contributed by atoms with Crippen LogP contribution >= 0.6 is 12.6 Å². The third-order valence-corrected chi connectivity index (χ3v) is 3.68. The Bertz CT molecular complexity index is 633. The monoisotopic (exact) mass is 292 g/mol. The summed E-state index contributed by atoms with van der Waals surface area (Å²) in [7, 11) is 0. The molecule has 1 atom stereocenters. The van der Waals surface area contributed by atoms with E-state index in [1.54, 1.807) is 6.07 Å². The Kier molecular flexibility index (Phi) is 5.12. The summed E-state index contributed by atoms with van der Waals surface area (Å²) in [5.41, 5.74) is 1.18. The SMILES string of the molecule is Cc1cc(=O)oc2cc(OCCC(C)CCS)ccc12. The molecule has 0 radical (unpaired) electrons. The van der Waals surface area contributed by atoms with E-state index in [1.807, 2.05) is 19.1 Å². The van der Waals surface area contributed by atoms with Crippen LogP contribution in [0.15, 0.2) is 33.5 Å². The van der Waals surface area contributed by atoms with Gasteiger partial charge in [-0.2, -0.15) is 12.6 Å². The van der Waals surface area contributed by atoms with Crippen LogP contribution in [0.2, 0.25) is 0 Å². The summed E-state index contributed by atoms with van der Waals surface area (Å²) in [6.45, 7) is 4.76. The van der Waals surface area contributed by atoms with Crippen molar-refractivity contribution in [2.24, 2.45) is 5.92 Å². The first kappa shape index (κ1) is 15.0. The standard InChI is InChI=1S/C16H20O3S/c1-11(6-8-20)5-7-18-13-3-4-14-12(2)9-16(17)19-15(14)10-13/h3-4,9-11,20H,5-8H2,1-2H3. The predicted molar refractivity (Wildman–Crippen MR) is 85.0 cm³/mol. The predicted octanol–water partition coefficient (Wildman–Crippen LogP) is 3.83. The first-order valence-corrected chi connectivity index (χ1v) is 7.51. The van der Waals surface area contributed by atoms with Crippen molar-refractivity contribution in [3.8, 4) is 5.75 Å². The van der Waals surface area contributed by atoms with Crippen LogP contribution in [-0.2, 0) is 0 Å². The maximum Gasteiger partial charge on any atom is 0.336 e. The molecule has 3 nitrogen and oxygen atoms in total. The van der Waals surface area contributed by atoms with Crippen molar-refractivity contribution >= 4 is 23.6 Å². The van der Waals surface area contributed by atoms with E-state index < -0.39 is 0 Å². The second-order valence-corrected chi connectivity index (χ2v) is 5.61. The molecule has 0 aliphatic carbocycles. The maximum atomic E-state index is 11.4. The Morgan fingerprint density at radius 1 is 1.30 bits per heavy atom. The molecule has 2 aromatic rings. The van der Waals surface area contributed by atoms with E-state index >= 15 is 0 Å². The second-order valence-electron chi connectivity index (χ2n) is 5.16. The fourth-order valence-corrected chi connectivity index (χ4v) is 2.58. The molecule has 1 unspecified atom stereocenters. The first-order chi connectivity index (χ1) is 9.60. The number of hydrogen-bond donors (Lipinski definition) is 1. The summed E-state index contributed by atoms with van der Waals surface area (Å²) in [6.07, 6.45) is 2.09. The fourth-order valence-electron chi connectivity index (χ4n) is 2.14. The van der Waals surface area contributed by atoms with E-state index in [-0.39, 0.29) is 5.63 Å². The Balaban J connectivity index is 2.06. The second kappa shape index (κ2) is 6.84. The molecule has 0 aliphatic rings. The summed E-state index contributed by atoms with van der Waals surface area (Å²) in [4.78, 5) is 11.4. The third kappa shape index (κ3) is 3.79. The highest BCUT2D eigenvalue weighted by molar-refractivity contribution is 7.80. The minimum absolute atomic E-state index is 0.324. The van der Waals surface area contributed by atoms with Gasteiger partial charge in [-0.25, -0.2) is 4.79 Å².